The van der Waals surface area contributed by atoms with Crippen LogP contribution >= 0.6 is 34.9 Å². The van der Waals surface area contributed by atoms with E-state index in [4.69, 9.17) is 27.3 Å². The number of nitrogens with one attached hydrogen (secondary N) is 2. The minimum Gasteiger partial charge on any atom is -0.543 e. The predicted octanol–water partition coefficient (Wildman–Crippen LogP) is -3.09. The smallest absolute Gasteiger partial charge is 0.347 e. The fourth-order valence-corrected chi connectivity index (χ4v) is 7.98. The van der Waals surface area contributed by atoms with E-state index in [0.717, 1.165) is 46.8 Å². The molecule has 1 aromatic rings. The van der Waals surface area contributed by atoms with Crippen LogP contribution in [0.5, 0.6) is 0 Å². The number of β-lactam (4-membered cyclic amide) rings is 1. The van der Waals surface area contributed by atoms with Gasteiger partial charge in [-0.1, -0.05) is 16.9 Å². The molecule has 5 rings (SSSR count). The number of aliphatic imine (C=N–C) groups is 1. The van der Waals surface area contributed by atoms with Gasteiger partial charge in [0, 0.05) is 23.3 Å². The van der Waals surface area contributed by atoms with Gasteiger partial charge in [0.1, 0.15) is 28.6 Å². The highest BCUT2D eigenvalue weighted by Crippen LogP contribution is 2.41. The molecule has 1 saturated heterocycles. The van der Waals surface area contributed by atoms with Gasteiger partial charge in [-0.2, -0.15) is 10.8 Å². The van der Waals surface area contributed by atoms with Gasteiger partial charge in [-0.15, -0.1) is 23.1 Å². The number of carbonyl (C=O) groups is 4. The highest BCUT2D eigenvalue weighted by atomic mass is 32.2. The van der Waals surface area contributed by atoms with Gasteiger partial charge in [0.05, 0.1) is 17.2 Å². The van der Waals surface area contributed by atoms with Crippen molar-refractivity contribution in [2.75, 3.05) is 17.2 Å². The maximum atomic E-state index is 13.2. The summed E-state index contributed by atoms with van der Waals surface area (Å²) in [5, 5.41) is 28.9. The molecule has 16 nitrogen and oxygen atoms in total. The van der Waals surface area contributed by atoms with Crippen LogP contribution in [0.3, 0.4) is 0 Å². The zero-order chi connectivity index (χ0) is 30.3. The lowest BCUT2D eigenvalue weighted by atomic mass is 10.0. The molecule has 19 heteroatoms. The van der Waals surface area contributed by atoms with Crippen LogP contribution in [0.15, 0.2) is 38.1 Å². The van der Waals surface area contributed by atoms with Crippen molar-refractivity contribution in [3.8, 4) is 0 Å². The largest absolute Gasteiger partial charge is 0.543 e. The van der Waals surface area contributed by atoms with E-state index in [-0.39, 0.29) is 28.0 Å². The summed E-state index contributed by atoms with van der Waals surface area (Å²) in [4.78, 5) is 64.1. The second-order valence-electron chi connectivity index (χ2n) is 9.64. The molecule has 0 bridgehead atoms. The van der Waals surface area contributed by atoms with E-state index in [1.807, 2.05) is 0 Å². The van der Waals surface area contributed by atoms with E-state index in [0.29, 0.717) is 16.4 Å². The molecule has 1 aliphatic carbocycles. The number of hydrogen-bond donors (Lipinski definition) is 6. The number of thiazole rings is 1. The second kappa shape index (κ2) is 11.9. The molecule has 2 amide bonds. The summed E-state index contributed by atoms with van der Waals surface area (Å²) in [6.07, 6.45) is 1.23. The number of carboxylic acid groups (broad SMARTS) is 2. The number of rotatable bonds is 10. The van der Waals surface area contributed by atoms with Crippen molar-refractivity contribution >= 4 is 75.3 Å². The standard InChI is InChI=1S/C23H27N9O7S3/c1-8(20(35)36)39-30-13(11-7-41-22(25)27-11)17(33)28-14-18(34)31-15(21(37)38)9(5-40-19(14)31)6-42-23-29-16(24)10-3-2-4-12(10)32(23)26/h7-8,14,19,23H,2-6,26H2,1H3,(H2,24,29)(H2,25,27)(H,28,33)(H,35,36)(H,37,38)/b30-13-/t8-,14?,19+,23?/m0/s1. The van der Waals surface area contributed by atoms with Crippen LogP contribution in [0.1, 0.15) is 31.9 Å². The van der Waals surface area contributed by atoms with E-state index >= 15 is 0 Å². The van der Waals surface area contributed by atoms with Gasteiger partial charge in [0.15, 0.2) is 10.8 Å². The highest BCUT2D eigenvalue weighted by Gasteiger charge is 2.53. The molecule has 0 aromatic carbocycles. The van der Waals surface area contributed by atoms with E-state index < -0.39 is 52.5 Å². The molecule has 224 valence electrons. The van der Waals surface area contributed by atoms with Crippen LogP contribution in [0, 0.1) is 0 Å². The molecule has 5 atom stereocenters. The SMILES string of the molecule is C[C@H](O/N=C(\C(=O)NC1C(=O)N2C(C(=O)[O-])=C(CSC3N=C(N)C4=C(CCC4)[NH+]3N)CS[C@H]12)c1csc(N)n1)C(=O)O. The van der Waals surface area contributed by atoms with Crippen LogP contribution in [0.25, 0.3) is 0 Å². The maximum Gasteiger partial charge on any atom is 0.347 e. The van der Waals surface area contributed by atoms with Crippen LogP contribution in [0.2, 0.25) is 0 Å². The average molecular weight is 638 g/mol. The number of quaternary nitrogens is 1. The number of oxime groups is 1. The first-order chi connectivity index (χ1) is 20.0. The fourth-order valence-electron chi connectivity index (χ4n) is 4.84. The number of nitrogens with two attached hydrogens (primary N) is 3. The Balaban J connectivity index is 1.29. The quantitative estimate of drug-likeness (QED) is 0.0644. The van der Waals surface area contributed by atoms with E-state index in [1.165, 1.54) is 35.8 Å². The molecular weight excluding hydrogens is 611 g/mol. The number of amidine groups is 1. The lowest BCUT2D eigenvalue weighted by Crippen LogP contribution is -3.19. The number of fused-ring (bicyclic) bond motifs is 1. The molecule has 1 aromatic heterocycles. The van der Waals surface area contributed by atoms with Crippen molar-refractivity contribution in [2.24, 2.45) is 21.7 Å². The maximum absolute atomic E-state index is 13.2. The van der Waals surface area contributed by atoms with Gasteiger partial charge < -0.3 is 36.6 Å². The summed E-state index contributed by atoms with van der Waals surface area (Å²) in [7, 11) is 0. The third-order valence-electron chi connectivity index (χ3n) is 6.97. The zero-order valence-electron chi connectivity index (χ0n) is 22.1. The first-order valence-corrected chi connectivity index (χ1v) is 15.6. The molecule has 42 heavy (non-hydrogen) atoms. The molecule has 0 saturated carbocycles. The van der Waals surface area contributed by atoms with Gasteiger partial charge in [0.25, 0.3) is 17.3 Å². The molecule has 4 heterocycles. The summed E-state index contributed by atoms with van der Waals surface area (Å²) in [5.74, 6) is 2.91. The normalized spacial score (nSPS) is 26.2. The van der Waals surface area contributed by atoms with Crippen molar-refractivity contribution in [1.82, 2.24) is 15.2 Å². The predicted molar refractivity (Wildman–Crippen MR) is 152 cm³/mol. The minimum atomic E-state index is -1.52. The average Bonchev–Trinajstić information content (AvgIpc) is 3.62. The first kappa shape index (κ1) is 29.8. The summed E-state index contributed by atoms with van der Waals surface area (Å²) in [6.45, 7) is 1.22. The molecule has 4 aliphatic rings. The summed E-state index contributed by atoms with van der Waals surface area (Å²) in [6, 6.07) is -1.09. The molecule has 1 fully saturated rings. The number of anilines is 1. The Morgan fingerprint density at radius 2 is 2.14 bits per heavy atom. The fraction of sp³-hybridized carbons (Fsp3) is 0.435. The molecule has 0 spiro atoms. The second-order valence-corrected chi connectivity index (χ2v) is 12.7. The number of thioether (sulfide) groups is 2. The van der Waals surface area contributed by atoms with Crippen LogP contribution in [-0.4, -0.2) is 84.8 Å². The first-order valence-electron chi connectivity index (χ1n) is 12.6. The zero-order valence-corrected chi connectivity index (χ0v) is 24.5. The third-order valence-corrected chi connectivity index (χ3v) is 10.2. The van der Waals surface area contributed by atoms with Crippen molar-refractivity contribution in [2.45, 2.75) is 49.2 Å². The number of aliphatic carboxylic acids is 2. The van der Waals surface area contributed by atoms with Crippen molar-refractivity contribution in [3.63, 3.8) is 0 Å². The van der Waals surface area contributed by atoms with Gasteiger partial charge >= 0.3 is 5.97 Å². The summed E-state index contributed by atoms with van der Waals surface area (Å²) >= 11 is 3.61. The Kier molecular flexibility index (Phi) is 8.46. The Hall–Kier alpha value is -3.65. The topological polar surface area (TPSA) is 256 Å². The Morgan fingerprint density at radius 1 is 1.38 bits per heavy atom. The van der Waals surface area contributed by atoms with E-state index in [9.17, 15) is 24.3 Å². The Morgan fingerprint density at radius 3 is 2.81 bits per heavy atom. The molecule has 0 radical (unpaired) electrons. The molecule has 3 aliphatic heterocycles. The lowest BCUT2D eigenvalue weighted by Gasteiger charge is -2.50. The van der Waals surface area contributed by atoms with E-state index in [1.54, 1.807) is 0 Å². The summed E-state index contributed by atoms with van der Waals surface area (Å²) in [5.41, 5.74) is 13.1. The number of nitrogen functional groups attached to an aromatic ring is 1. The monoisotopic (exact) mass is 637 g/mol. The number of carbonyl (C=O) groups excluding carboxylic acids is 3. The molecule has 9 N–H and O–H groups in total. The number of allylic oxidation sites excluding steroid dienone is 1. The van der Waals surface area contributed by atoms with Gasteiger partial charge in [-0.25, -0.2) is 14.8 Å². The lowest BCUT2D eigenvalue weighted by molar-refractivity contribution is -0.885. The number of aromatic nitrogens is 1. The van der Waals surface area contributed by atoms with Gasteiger partial charge in [0.2, 0.25) is 6.10 Å². The molecule has 3 unspecified atom stereocenters. The third kappa shape index (κ3) is 5.56. The van der Waals surface area contributed by atoms with Crippen LogP contribution < -0.4 is 32.7 Å². The number of hydrogen-bond acceptors (Lipinski definition) is 15. The Bertz CT molecular complexity index is 1470. The Labute approximate surface area is 251 Å². The number of amides is 2. The minimum absolute atomic E-state index is 0.0183. The van der Waals surface area contributed by atoms with Crippen molar-refractivity contribution < 1.29 is 39.2 Å². The summed E-state index contributed by atoms with van der Waals surface area (Å²) < 4.78 is 0. The van der Waals surface area contributed by atoms with Gasteiger partial charge in [-0.3, -0.25) is 14.5 Å². The van der Waals surface area contributed by atoms with Crippen LogP contribution in [0.4, 0.5) is 5.13 Å². The van der Waals surface area contributed by atoms with Gasteiger partial charge in [-0.05, 0) is 25.3 Å². The van der Waals surface area contributed by atoms with Crippen LogP contribution in [-0.2, 0) is 24.0 Å². The molecular formula is C23H27N9O7S3. The number of carboxylic acids is 2. The van der Waals surface area contributed by atoms with Crippen molar-refractivity contribution in [1.29, 1.82) is 0 Å². The van der Waals surface area contributed by atoms with Crippen molar-refractivity contribution in [3.05, 3.63) is 33.6 Å². The number of nitrogens with zero attached hydrogens (tertiary/aromatic N) is 4. The van der Waals surface area contributed by atoms with E-state index in [2.05, 4.69) is 20.4 Å². The highest BCUT2D eigenvalue weighted by molar-refractivity contribution is 8.01.